The molecular formula is C16H25N5O2. The van der Waals surface area contributed by atoms with E-state index in [0.29, 0.717) is 0 Å². The molecule has 7 nitrogen and oxygen atoms in total. The van der Waals surface area contributed by atoms with E-state index in [0.717, 1.165) is 71.1 Å². The molecular weight excluding hydrogens is 294 g/mol. The Hall–Kier alpha value is -1.73. The highest BCUT2D eigenvalue weighted by Crippen LogP contribution is 2.21. The molecule has 3 heterocycles. The lowest BCUT2D eigenvalue weighted by Crippen LogP contribution is -2.44. The number of amides is 1. The lowest BCUT2D eigenvalue weighted by molar-refractivity contribution is -0.125. The first-order chi connectivity index (χ1) is 11.3. The summed E-state index contributed by atoms with van der Waals surface area (Å²) in [6.45, 7) is 6.89. The van der Waals surface area contributed by atoms with E-state index in [9.17, 15) is 4.79 Å². The third kappa shape index (κ3) is 4.62. The average Bonchev–Trinajstić information content (AvgIpc) is 2.63. The maximum absolute atomic E-state index is 12.3. The molecule has 0 bridgehead atoms. The van der Waals surface area contributed by atoms with E-state index in [1.165, 1.54) is 0 Å². The number of aromatic nitrogens is 2. The van der Waals surface area contributed by atoms with Gasteiger partial charge in [0.2, 0.25) is 5.91 Å². The van der Waals surface area contributed by atoms with Crippen LogP contribution in [0.25, 0.3) is 0 Å². The van der Waals surface area contributed by atoms with E-state index in [1.54, 1.807) is 18.6 Å². The molecule has 1 aromatic rings. The Morgan fingerprint density at radius 1 is 1.22 bits per heavy atom. The zero-order valence-corrected chi connectivity index (χ0v) is 13.5. The van der Waals surface area contributed by atoms with Crippen LogP contribution in [0, 0.1) is 5.92 Å². The summed E-state index contributed by atoms with van der Waals surface area (Å²) in [5.41, 5.74) is 0. The van der Waals surface area contributed by atoms with Crippen molar-refractivity contribution in [2.75, 3.05) is 57.4 Å². The molecule has 7 heteroatoms. The standard InChI is InChI=1S/C16H25N5O2/c22-16(19-5-8-20-9-11-23-12-10-20)14-1-6-21(7-2-14)15-13-17-3-4-18-15/h3-4,13-14H,1-2,5-12H2,(H,19,22). The summed E-state index contributed by atoms with van der Waals surface area (Å²) >= 11 is 0. The molecule has 2 aliphatic rings. The molecule has 2 saturated heterocycles. The van der Waals surface area contributed by atoms with Crippen molar-refractivity contribution in [3.8, 4) is 0 Å². The first kappa shape index (κ1) is 16.1. The monoisotopic (exact) mass is 319 g/mol. The van der Waals surface area contributed by atoms with Gasteiger partial charge in [-0.2, -0.15) is 0 Å². The molecule has 0 unspecified atom stereocenters. The van der Waals surface area contributed by atoms with Crippen LogP contribution in [0.2, 0.25) is 0 Å². The van der Waals surface area contributed by atoms with Gasteiger partial charge in [-0.25, -0.2) is 4.98 Å². The summed E-state index contributed by atoms with van der Waals surface area (Å²) in [5.74, 6) is 1.21. The van der Waals surface area contributed by atoms with Crippen LogP contribution in [0.1, 0.15) is 12.8 Å². The Labute approximate surface area is 137 Å². The predicted molar refractivity (Wildman–Crippen MR) is 87.2 cm³/mol. The van der Waals surface area contributed by atoms with E-state index in [-0.39, 0.29) is 11.8 Å². The Kier molecular flexibility index (Phi) is 5.76. The van der Waals surface area contributed by atoms with Crippen LogP contribution >= 0.6 is 0 Å². The normalized spacial score (nSPS) is 20.4. The quantitative estimate of drug-likeness (QED) is 0.832. The average molecular weight is 319 g/mol. The molecule has 1 N–H and O–H groups in total. The molecule has 1 amide bonds. The van der Waals surface area contributed by atoms with Gasteiger partial charge in [-0.3, -0.25) is 14.7 Å². The zero-order valence-electron chi connectivity index (χ0n) is 13.5. The molecule has 0 saturated carbocycles. The van der Waals surface area contributed by atoms with E-state index in [4.69, 9.17) is 4.74 Å². The molecule has 0 radical (unpaired) electrons. The fraction of sp³-hybridized carbons (Fsp3) is 0.688. The zero-order chi connectivity index (χ0) is 15.9. The van der Waals surface area contributed by atoms with Gasteiger partial charge < -0.3 is 15.0 Å². The van der Waals surface area contributed by atoms with E-state index in [2.05, 4.69) is 25.1 Å². The van der Waals surface area contributed by atoms with Crippen molar-refractivity contribution >= 4 is 11.7 Å². The first-order valence-electron chi connectivity index (χ1n) is 8.42. The van der Waals surface area contributed by atoms with Crippen molar-refractivity contribution < 1.29 is 9.53 Å². The third-order valence-corrected chi connectivity index (χ3v) is 4.57. The number of hydrogen-bond donors (Lipinski definition) is 1. The number of hydrogen-bond acceptors (Lipinski definition) is 6. The van der Waals surface area contributed by atoms with Crippen LogP contribution in [-0.2, 0) is 9.53 Å². The van der Waals surface area contributed by atoms with Crippen molar-refractivity contribution in [3.63, 3.8) is 0 Å². The summed E-state index contributed by atoms with van der Waals surface area (Å²) in [7, 11) is 0. The van der Waals surface area contributed by atoms with Crippen molar-refractivity contribution in [2.24, 2.45) is 5.92 Å². The van der Waals surface area contributed by atoms with E-state index >= 15 is 0 Å². The van der Waals surface area contributed by atoms with Crippen LogP contribution in [0.5, 0.6) is 0 Å². The number of anilines is 1. The summed E-state index contributed by atoms with van der Waals surface area (Å²) in [6.07, 6.45) is 6.92. The summed E-state index contributed by atoms with van der Waals surface area (Å²) in [4.78, 5) is 25.2. The topological polar surface area (TPSA) is 70.6 Å². The third-order valence-electron chi connectivity index (χ3n) is 4.57. The second kappa shape index (κ2) is 8.21. The molecule has 23 heavy (non-hydrogen) atoms. The molecule has 0 spiro atoms. The van der Waals surface area contributed by atoms with Gasteiger partial charge in [0.25, 0.3) is 0 Å². The fourth-order valence-electron chi connectivity index (χ4n) is 3.13. The van der Waals surface area contributed by atoms with Gasteiger partial charge in [0, 0.05) is 57.6 Å². The van der Waals surface area contributed by atoms with Gasteiger partial charge in [-0.05, 0) is 12.8 Å². The fourth-order valence-corrected chi connectivity index (χ4v) is 3.13. The van der Waals surface area contributed by atoms with Gasteiger partial charge in [0.15, 0.2) is 0 Å². The predicted octanol–water partition coefficient (Wildman–Crippen LogP) is 0.141. The highest BCUT2D eigenvalue weighted by Gasteiger charge is 2.25. The van der Waals surface area contributed by atoms with Crippen LogP contribution in [0.3, 0.4) is 0 Å². The van der Waals surface area contributed by atoms with Gasteiger partial charge in [-0.15, -0.1) is 0 Å². The largest absolute Gasteiger partial charge is 0.379 e. The summed E-state index contributed by atoms with van der Waals surface area (Å²) in [5, 5.41) is 3.09. The maximum Gasteiger partial charge on any atom is 0.223 e. The number of nitrogens with one attached hydrogen (secondary N) is 1. The number of rotatable bonds is 5. The minimum atomic E-state index is 0.118. The number of morpholine rings is 1. The Balaban J connectivity index is 1.36. The molecule has 0 aromatic carbocycles. The van der Waals surface area contributed by atoms with Crippen molar-refractivity contribution in [1.29, 1.82) is 0 Å². The van der Waals surface area contributed by atoms with Crippen molar-refractivity contribution in [2.45, 2.75) is 12.8 Å². The molecule has 0 aliphatic carbocycles. The highest BCUT2D eigenvalue weighted by atomic mass is 16.5. The Morgan fingerprint density at radius 2 is 2.00 bits per heavy atom. The van der Waals surface area contributed by atoms with Crippen LogP contribution < -0.4 is 10.2 Å². The van der Waals surface area contributed by atoms with E-state index in [1.807, 2.05) is 0 Å². The molecule has 2 fully saturated rings. The van der Waals surface area contributed by atoms with Crippen LogP contribution in [0.15, 0.2) is 18.6 Å². The number of carbonyl (C=O) groups excluding carboxylic acids is 1. The lowest BCUT2D eigenvalue weighted by atomic mass is 9.96. The summed E-state index contributed by atoms with van der Waals surface area (Å²) < 4.78 is 5.33. The Morgan fingerprint density at radius 3 is 2.70 bits per heavy atom. The number of piperidine rings is 1. The number of nitrogens with zero attached hydrogens (tertiary/aromatic N) is 4. The molecule has 1 aromatic heterocycles. The molecule has 2 aliphatic heterocycles. The minimum absolute atomic E-state index is 0.118. The van der Waals surface area contributed by atoms with E-state index < -0.39 is 0 Å². The highest BCUT2D eigenvalue weighted by molar-refractivity contribution is 5.78. The van der Waals surface area contributed by atoms with Crippen molar-refractivity contribution in [3.05, 3.63) is 18.6 Å². The molecule has 126 valence electrons. The molecule has 3 rings (SSSR count). The van der Waals surface area contributed by atoms with Crippen molar-refractivity contribution in [1.82, 2.24) is 20.2 Å². The smallest absolute Gasteiger partial charge is 0.223 e. The van der Waals surface area contributed by atoms with Gasteiger partial charge in [0.1, 0.15) is 5.82 Å². The number of carbonyl (C=O) groups is 1. The lowest BCUT2D eigenvalue weighted by Gasteiger charge is -2.32. The second-order valence-corrected chi connectivity index (χ2v) is 6.07. The number of ether oxygens (including phenoxy) is 1. The minimum Gasteiger partial charge on any atom is -0.379 e. The Bertz CT molecular complexity index is 485. The first-order valence-corrected chi connectivity index (χ1v) is 8.42. The SMILES string of the molecule is O=C(NCCN1CCOCC1)C1CCN(c2cnccn2)CC1. The van der Waals surface area contributed by atoms with Crippen LogP contribution in [0.4, 0.5) is 5.82 Å². The molecule has 0 atom stereocenters. The maximum atomic E-state index is 12.3. The van der Waals surface area contributed by atoms with Gasteiger partial charge >= 0.3 is 0 Å². The second-order valence-electron chi connectivity index (χ2n) is 6.07. The van der Waals surface area contributed by atoms with Gasteiger partial charge in [-0.1, -0.05) is 0 Å². The van der Waals surface area contributed by atoms with Crippen LogP contribution in [-0.4, -0.2) is 73.3 Å². The van der Waals surface area contributed by atoms with Gasteiger partial charge in [0.05, 0.1) is 19.4 Å². The summed E-state index contributed by atoms with van der Waals surface area (Å²) in [6, 6.07) is 0.